The molecule has 2 aromatic rings. The third kappa shape index (κ3) is 3.52. The van der Waals surface area contributed by atoms with Gasteiger partial charge in [-0.1, -0.05) is 12.1 Å². The van der Waals surface area contributed by atoms with Crippen LogP contribution in [-0.4, -0.2) is 53.6 Å². The number of rotatable bonds is 3. The van der Waals surface area contributed by atoms with Gasteiger partial charge in [0.2, 0.25) is 0 Å². The first kappa shape index (κ1) is 18.2. The second-order valence-corrected chi connectivity index (χ2v) is 9.94. The smallest absolute Gasteiger partial charge is 0.274 e. The van der Waals surface area contributed by atoms with Crippen LogP contribution in [0.3, 0.4) is 0 Å². The van der Waals surface area contributed by atoms with Crippen LogP contribution < -0.4 is 0 Å². The summed E-state index contributed by atoms with van der Waals surface area (Å²) in [6, 6.07) is 7.76. The van der Waals surface area contributed by atoms with Gasteiger partial charge in [0.05, 0.1) is 23.2 Å². The number of aromatic nitrogens is 2. The predicted octanol–water partition coefficient (Wildman–Crippen LogP) is 2.76. The minimum Gasteiger partial charge on any atom is -0.337 e. The molecule has 0 bridgehead atoms. The molecule has 1 atom stereocenters. The summed E-state index contributed by atoms with van der Waals surface area (Å²) in [6.45, 7) is 5.64. The Morgan fingerprint density at radius 2 is 1.85 bits per heavy atom. The van der Waals surface area contributed by atoms with Crippen LogP contribution in [0.1, 0.15) is 46.9 Å². The molecule has 0 aliphatic carbocycles. The summed E-state index contributed by atoms with van der Waals surface area (Å²) in [5, 5.41) is 4.59. The number of sulfone groups is 1. The molecule has 0 saturated carbocycles. The van der Waals surface area contributed by atoms with Crippen LogP contribution in [-0.2, 0) is 9.84 Å². The summed E-state index contributed by atoms with van der Waals surface area (Å²) in [7, 11) is -3.04. The van der Waals surface area contributed by atoms with Gasteiger partial charge < -0.3 is 4.90 Å². The largest absolute Gasteiger partial charge is 0.337 e. The lowest BCUT2D eigenvalue weighted by atomic mass is 10.0. The summed E-state index contributed by atoms with van der Waals surface area (Å²) in [5.74, 6) is 0.209. The molecule has 0 N–H and O–H groups in total. The highest BCUT2D eigenvalue weighted by Crippen LogP contribution is 2.31. The van der Waals surface area contributed by atoms with Gasteiger partial charge in [0.15, 0.2) is 15.5 Å². The van der Waals surface area contributed by atoms with Crippen molar-refractivity contribution in [2.24, 2.45) is 0 Å². The molecule has 3 heterocycles. The van der Waals surface area contributed by atoms with Gasteiger partial charge in [0.25, 0.3) is 5.91 Å². The molecule has 144 valence electrons. The van der Waals surface area contributed by atoms with Gasteiger partial charge >= 0.3 is 0 Å². The third-order valence-corrected chi connectivity index (χ3v) is 7.46. The average Bonchev–Trinajstić information content (AvgIpc) is 3.35. The minimum atomic E-state index is -3.04. The van der Waals surface area contributed by atoms with Gasteiger partial charge in [0, 0.05) is 18.7 Å². The number of benzene rings is 1. The lowest BCUT2D eigenvalue weighted by Crippen LogP contribution is -2.28. The fourth-order valence-corrected chi connectivity index (χ4v) is 5.64. The maximum atomic E-state index is 12.8. The lowest BCUT2D eigenvalue weighted by Gasteiger charge is -2.14. The Kier molecular flexibility index (Phi) is 4.58. The first-order valence-electron chi connectivity index (χ1n) is 9.51. The maximum absolute atomic E-state index is 12.8. The molecular weight excluding hydrogens is 362 g/mol. The molecule has 2 saturated heterocycles. The summed E-state index contributed by atoms with van der Waals surface area (Å²) in [4.78, 5) is 14.7. The van der Waals surface area contributed by atoms with E-state index in [1.807, 2.05) is 17.0 Å². The molecule has 0 unspecified atom stereocenters. The van der Waals surface area contributed by atoms with Crippen molar-refractivity contribution in [3.8, 4) is 11.3 Å². The zero-order chi connectivity index (χ0) is 19.2. The van der Waals surface area contributed by atoms with Crippen LogP contribution in [0.15, 0.2) is 24.3 Å². The van der Waals surface area contributed by atoms with Gasteiger partial charge in [-0.3, -0.25) is 9.48 Å². The summed E-state index contributed by atoms with van der Waals surface area (Å²) >= 11 is 0. The number of hydrogen-bond acceptors (Lipinski definition) is 4. The first-order valence-corrected chi connectivity index (χ1v) is 11.3. The van der Waals surface area contributed by atoms with E-state index < -0.39 is 9.84 Å². The van der Waals surface area contributed by atoms with Crippen molar-refractivity contribution in [2.45, 2.75) is 39.2 Å². The molecule has 0 spiro atoms. The number of nitrogens with zero attached hydrogens (tertiary/aromatic N) is 3. The maximum Gasteiger partial charge on any atom is 0.274 e. The Bertz CT molecular complexity index is 988. The second-order valence-electron chi connectivity index (χ2n) is 7.71. The standard InChI is InChI=1S/C20H25N3O3S/c1-14-5-6-16(11-15(14)2)19-12-18(20(24)22-8-3-4-9-22)21-23(19)17-7-10-27(25,26)13-17/h5-6,11-12,17H,3-4,7-10,13H2,1-2H3/t17-/m0/s1. The molecule has 1 aromatic carbocycles. The van der Waals surface area contributed by atoms with Crippen LogP contribution in [0.2, 0.25) is 0 Å². The van der Waals surface area contributed by atoms with E-state index in [9.17, 15) is 13.2 Å². The van der Waals surface area contributed by atoms with Gasteiger partial charge in [-0.2, -0.15) is 5.10 Å². The number of likely N-dealkylation sites (tertiary alicyclic amines) is 1. The Labute approximate surface area is 160 Å². The molecule has 4 rings (SSSR count). The molecule has 0 radical (unpaired) electrons. The van der Waals surface area contributed by atoms with Gasteiger partial charge in [-0.05, 0) is 56.4 Å². The summed E-state index contributed by atoms with van der Waals surface area (Å²) < 4.78 is 25.8. The van der Waals surface area contributed by atoms with E-state index in [2.05, 4.69) is 31.1 Å². The van der Waals surface area contributed by atoms with Crippen molar-refractivity contribution in [3.05, 3.63) is 41.1 Å². The Hall–Kier alpha value is -2.15. The lowest BCUT2D eigenvalue weighted by molar-refractivity contribution is 0.0786. The van der Waals surface area contributed by atoms with E-state index in [-0.39, 0.29) is 23.5 Å². The van der Waals surface area contributed by atoms with Crippen LogP contribution in [0, 0.1) is 13.8 Å². The number of aryl methyl sites for hydroxylation is 2. The Morgan fingerprint density at radius 1 is 1.11 bits per heavy atom. The van der Waals surface area contributed by atoms with E-state index in [1.165, 1.54) is 5.56 Å². The Morgan fingerprint density at radius 3 is 2.48 bits per heavy atom. The van der Waals surface area contributed by atoms with Crippen molar-refractivity contribution in [3.63, 3.8) is 0 Å². The molecular formula is C20H25N3O3S. The van der Waals surface area contributed by atoms with Crippen molar-refractivity contribution in [2.75, 3.05) is 24.6 Å². The molecule has 2 fully saturated rings. The van der Waals surface area contributed by atoms with E-state index >= 15 is 0 Å². The zero-order valence-corrected chi connectivity index (χ0v) is 16.6. The molecule has 2 aliphatic heterocycles. The second kappa shape index (κ2) is 6.78. The van der Waals surface area contributed by atoms with E-state index in [0.717, 1.165) is 42.8 Å². The number of carbonyl (C=O) groups excluding carboxylic acids is 1. The predicted molar refractivity (Wildman–Crippen MR) is 105 cm³/mol. The van der Waals surface area contributed by atoms with Crippen molar-refractivity contribution >= 4 is 15.7 Å². The number of amides is 1. The van der Waals surface area contributed by atoms with Crippen LogP contribution in [0.25, 0.3) is 11.3 Å². The van der Waals surface area contributed by atoms with Crippen molar-refractivity contribution in [1.82, 2.24) is 14.7 Å². The summed E-state index contributed by atoms with van der Waals surface area (Å²) in [5.41, 5.74) is 4.56. The Balaban J connectivity index is 1.77. The normalized spacial score (nSPS) is 21.7. The molecule has 7 heteroatoms. The van der Waals surface area contributed by atoms with E-state index in [1.54, 1.807) is 4.68 Å². The highest BCUT2D eigenvalue weighted by atomic mass is 32.2. The fourth-order valence-electron chi connectivity index (χ4n) is 3.94. The SMILES string of the molecule is Cc1ccc(-c2cc(C(=O)N3CCCC3)nn2[C@H]2CCS(=O)(=O)C2)cc1C. The third-order valence-electron chi connectivity index (χ3n) is 5.71. The van der Waals surface area contributed by atoms with E-state index in [4.69, 9.17) is 0 Å². The highest BCUT2D eigenvalue weighted by Gasteiger charge is 2.33. The molecule has 1 aromatic heterocycles. The zero-order valence-electron chi connectivity index (χ0n) is 15.8. The van der Waals surface area contributed by atoms with E-state index in [0.29, 0.717) is 12.1 Å². The fraction of sp³-hybridized carbons (Fsp3) is 0.500. The number of hydrogen-bond donors (Lipinski definition) is 0. The van der Waals surface area contributed by atoms with Crippen LogP contribution >= 0.6 is 0 Å². The topological polar surface area (TPSA) is 72.3 Å². The van der Waals surface area contributed by atoms with Crippen molar-refractivity contribution in [1.29, 1.82) is 0 Å². The minimum absolute atomic E-state index is 0.0582. The monoisotopic (exact) mass is 387 g/mol. The van der Waals surface area contributed by atoms with Gasteiger partial charge in [-0.25, -0.2) is 8.42 Å². The summed E-state index contributed by atoms with van der Waals surface area (Å²) in [6.07, 6.45) is 2.59. The van der Waals surface area contributed by atoms with Gasteiger partial charge in [-0.15, -0.1) is 0 Å². The highest BCUT2D eigenvalue weighted by molar-refractivity contribution is 7.91. The number of carbonyl (C=O) groups is 1. The first-order chi connectivity index (χ1) is 12.8. The quantitative estimate of drug-likeness (QED) is 0.812. The van der Waals surface area contributed by atoms with Gasteiger partial charge in [0.1, 0.15) is 0 Å². The molecule has 1 amide bonds. The van der Waals surface area contributed by atoms with Crippen LogP contribution in [0.4, 0.5) is 0 Å². The molecule has 2 aliphatic rings. The van der Waals surface area contributed by atoms with Crippen LogP contribution in [0.5, 0.6) is 0 Å². The van der Waals surface area contributed by atoms with Crippen molar-refractivity contribution < 1.29 is 13.2 Å². The molecule has 6 nitrogen and oxygen atoms in total. The molecule has 27 heavy (non-hydrogen) atoms. The average molecular weight is 388 g/mol.